The summed E-state index contributed by atoms with van der Waals surface area (Å²) in [6.45, 7) is 9.30. The van der Waals surface area contributed by atoms with Gasteiger partial charge >= 0.3 is 0 Å². The topological polar surface area (TPSA) is 43.9 Å². The van der Waals surface area contributed by atoms with Gasteiger partial charge < -0.3 is 4.90 Å². The second-order valence-electron chi connectivity index (χ2n) is 9.14. The number of sulfonamides is 1. The first-order valence-corrected chi connectivity index (χ1v) is 13.5. The van der Waals surface area contributed by atoms with Crippen LogP contribution in [0.3, 0.4) is 0 Å². The van der Waals surface area contributed by atoms with Crippen molar-refractivity contribution in [3.63, 3.8) is 0 Å². The predicted octanol–water partition coefficient (Wildman–Crippen LogP) is 4.68. The van der Waals surface area contributed by atoms with Crippen molar-refractivity contribution in [2.45, 2.75) is 37.1 Å². The predicted molar refractivity (Wildman–Crippen MR) is 135 cm³/mol. The highest BCUT2D eigenvalue weighted by molar-refractivity contribution is 7.89. The van der Waals surface area contributed by atoms with Crippen LogP contribution in [-0.2, 0) is 15.6 Å². The molecule has 33 heavy (non-hydrogen) atoms. The summed E-state index contributed by atoms with van der Waals surface area (Å²) in [6, 6.07) is 22.6. The summed E-state index contributed by atoms with van der Waals surface area (Å²) in [4.78, 5) is 5.37. The second-order valence-corrected chi connectivity index (χ2v) is 11.0. The van der Waals surface area contributed by atoms with Crippen LogP contribution in [0.2, 0.25) is 0 Å². The van der Waals surface area contributed by atoms with Crippen LogP contribution in [-0.4, -0.2) is 56.9 Å². The lowest BCUT2D eigenvalue weighted by atomic mass is 9.84. The third kappa shape index (κ3) is 3.65. The molecule has 0 unspecified atom stereocenters. The van der Waals surface area contributed by atoms with E-state index in [1.54, 1.807) is 10.4 Å². The van der Waals surface area contributed by atoms with Crippen molar-refractivity contribution in [3.05, 3.63) is 72.3 Å². The smallest absolute Gasteiger partial charge is 0.244 e. The first-order valence-electron chi connectivity index (χ1n) is 12.1. The van der Waals surface area contributed by atoms with Crippen LogP contribution < -0.4 is 4.90 Å². The maximum absolute atomic E-state index is 13.5. The second kappa shape index (κ2) is 8.75. The summed E-state index contributed by atoms with van der Waals surface area (Å²) >= 11 is 0. The SMILES string of the molecule is CCC1(CC)c2ccccc2S(=O)(=O)N1CCN1CCN(c2cccc3ccccc23)CC1. The van der Waals surface area contributed by atoms with E-state index in [9.17, 15) is 8.42 Å². The molecule has 5 rings (SSSR count). The molecule has 6 heteroatoms. The van der Waals surface area contributed by atoms with E-state index in [0.717, 1.165) is 51.1 Å². The Hall–Kier alpha value is -2.41. The summed E-state index contributed by atoms with van der Waals surface area (Å²) in [6.07, 6.45) is 1.57. The zero-order valence-corrected chi connectivity index (χ0v) is 20.4. The van der Waals surface area contributed by atoms with Crippen molar-refractivity contribution in [3.8, 4) is 0 Å². The molecule has 5 nitrogen and oxygen atoms in total. The van der Waals surface area contributed by atoms with Crippen molar-refractivity contribution in [2.24, 2.45) is 0 Å². The maximum Gasteiger partial charge on any atom is 0.244 e. The summed E-state index contributed by atoms with van der Waals surface area (Å²) in [5.41, 5.74) is 1.83. The fraction of sp³-hybridized carbons (Fsp3) is 0.407. The third-order valence-corrected chi connectivity index (χ3v) is 9.73. The van der Waals surface area contributed by atoms with Crippen molar-refractivity contribution in [2.75, 3.05) is 44.2 Å². The lowest BCUT2D eigenvalue weighted by Gasteiger charge is -2.40. The highest BCUT2D eigenvalue weighted by Gasteiger charge is 2.51. The van der Waals surface area contributed by atoms with E-state index < -0.39 is 15.6 Å². The molecule has 2 heterocycles. The Kier molecular flexibility index (Phi) is 5.93. The van der Waals surface area contributed by atoms with Crippen LogP contribution in [0.25, 0.3) is 10.8 Å². The van der Waals surface area contributed by atoms with E-state index in [2.05, 4.69) is 66.1 Å². The normalized spacial score (nSPS) is 20.2. The van der Waals surface area contributed by atoms with E-state index >= 15 is 0 Å². The minimum atomic E-state index is -3.46. The van der Waals surface area contributed by atoms with Crippen molar-refractivity contribution < 1.29 is 8.42 Å². The van der Waals surface area contributed by atoms with E-state index in [0.29, 0.717) is 11.4 Å². The molecule has 0 amide bonds. The minimum Gasteiger partial charge on any atom is -0.368 e. The number of anilines is 1. The van der Waals surface area contributed by atoms with E-state index in [1.807, 2.05) is 18.2 Å². The van der Waals surface area contributed by atoms with E-state index in [1.165, 1.54) is 16.5 Å². The van der Waals surface area contributed by atoms with Gasteiger partial charge in [-0.1, -0.05) is 68.4 Å². The first kappa shape index (κ1) is 22.4. The highest BCUT2D eigenvalue weighted by atomic mass is 32.2. The van der Waals surface area contributed by atoms with Crippen LogP contribution in [0.1, 0.15) is 32.3 Å². The molecule has 2 aliphatic rings. The Morgan fingerprint density at radius 2 is 1.45 bits per heavy atom. The lowest BCUT2D eigenvalue weighted by Crippen LogP contribution is -2.51. The Labute approximate surface area is 197 Å². The Morgan fingerprint density at radius 3 is 2.21 bits per heavy atom. The third-order valence-electron chi connectivity index (χ3n) is 7.70. The van der Waals surface area contributed by atoms with Gasteiger partial charge in [0.25, 0.3) is 0 Å². The molecule has 3 aromatic rings. The fourth-order valence-electron chi connectivity index (χ4n) is 5.81. The number of piperazine rings is 1. The van der Waals surface area contributed by atoms with Crippen LogP contribution in [0.4, 0.5) is 5.69 Å². The van der Waals surface area contributed by atoms with Crippen LogP contribution >= 0.6 is 0 Å². The molecular weight excluding hydrogens is 430 g/mol. The first-order chi connectivity index (χ1) is 16.0. The number of fused-ring (bicyclic) bond motifs is 2. The molecule has 0 atom stereocenters. The van der Waals surface area contributed by atoms with Gasteiger partial charge in [0.05, 0.1) is 10.4 Å². The molecule has 0 saturated carbocycles. The number of benzene rings is 3. The zero-order chi connectivity index (χ0) is 23.1. The van der Waals surface area contributed by atoms with Gasteiger partial charge in [-0.05, 0) is 35.9 Å². The zero-order valence-electron chi connectivity index (χ0n) is 19.6. The molecule has 0 bridgehead atoms. The molecule has 2 aliphatic heterocycles. The van der Waals surface area contributed by atoms with Gasteiger partial charge in [-0.15, -0.1) is 0 Å². The van der Waals surface area contributed by atoms with Gasteiger partial charge in [-0.25, -0.2) is 8.42 Å². The van der Waals surface area contributed by atoms with Crippen molar-refractivity contribution >= 4 is 26.5 Å². The number of hydrogen-bond acceptors (Lipinski definition) is 4. The maximum atomic E-state index is 13.5. The summed E-state index contributed by atoms with van der Waals surface area (Å²) in [5, 5.41) is 2.57. The molecule has 1 saturated heterocycles. The molecule has 0 radical (unpaired) electrons. The number of hydrogen-bond donors (Lipinski definition) is 0. The van der Waals surface area contributed by atoms with E-state index in [4.69, 9.17) is 0 Å². The van der Waals surface area contributed by atoms with Gasteiger partial charge in [-0.3, -0.25) is 4.90 Å². The lowest BCUT2D eigenvalue weighted by molar-refractivity contribution is 0.153. The Bertz CT molecular complexity index is 1240. The average molecular weight is 464 g/mol. The number of nitrogens with zero attached hydrogens (tertiary/aromatic N) is 3. The summed E-state index contributed by atoms with van der Waals surface area (Å²) in [7, 11) is -3.46. The fourth-order valence-corrected chi connectivity index (χ4v) is 7.97. The van der Waals surface area contributed by atoms with Crippen LogP contribution in [0.15, 0.2) is 71.6 Å². The van der Waals surface area contributed by atoms with E-state index in [-0.39, 0.29) is 0 Å². The summed E-state index contributed by atoms with van der Waals surface area (Å²) < 4.78 is 28.7. The Balaban J connectivity index is 1.29. The highest BCUT2D eigenvalue weighted by Crippen LogP contribution is 2.48. The molecule has 1 fully saturated rings. The molecule has 0 spiro atoms. The Morgan fingerprint density at radius 1 is 0.788 bits per heavy atom. The summed E-state index contributed by atoms with van der Waals surface area (Å²) in [5.74, 6) is 0. The quantitative estimate of drug-likeness (QED) is 0.532. The average Bonchev–Trinajstić information content (AvgIpc) is 3.06. The standard InChI is InChI=1S/C27H33N3O2S/c1-3-27(4-2)24-13-7-8-15-26(24)33(31,32)30(27)21-18-28-16-19-29(20-17-28)25-14-9-11-22-10-5-6-12-23(22)25/h5-15H,3-4,16-21H2,1-2H3. The molecule has 0 aliphatic carbocycles. The minimum absolute atomic E-state index is 0.430. The van der Waals surface area contributed by atoms with Crippen molar-refractivity contribution in [1.82, 2.24) is 9.21 Å². The van der Waals surface area contributed by atoms with Gasteiger partial charge in [-0.2, -0.15) is 4.31 Å². The molecule has 174 valence electrons. The molecule has 0 aromatic heterocycles. The van der Waals surface area contributed by atoms with Gasteiger partial charge in [0.1, 0.15) is 0 Å². The molecule has 0 N–H and O–H groups in total. The molecular formula is C27H33N3O2S. The van der Waals surface area contributed by atoms with Crippen LogP contribution in [0.5, 0.6) is 0 Å². The van der Waals surface area contributed by atoms with Crippen molar-refractivity contribution in [1.29, 1.82) is 0 Å². The largest absolute Gasteiger partial charge is 0.368 e. The van der Waals surface area contributed by atoms with Gasteiger partial charge in [0.15, 0.2) is 0 Å². The monoisotopic (exact) mass is 463 g/mol. The van der Waals surface area contributed by atoms with Gasteiger partial charge in [0, 0.05) is 50.3 Å². The van der Waals surface area contributed by atoms with Crippen LogP contribution in [0, 0.1) is 0 Å². The van der Waals surface area contributed by atoms with Gasteiger partial charge in [0.2, 0.25) is 10.0 Å². The number of rotatable bonds is 6. The molecule has 3 aromatic carbocycles.